The molecule has 0 aliphatic rings. The van der Waals surface area contributed by atoms with Crippen LogP contribution in [0.25, 0.3) is 10.9 Å². The number of ether oxygens (including phenoxy) is 1. The highest BCUT2D eigenvalue weighted by molar-refractivity contribution is 9.11. The first-order valence-corrected chi connectivity index (χ1v) is 9.73. The molecular formula is C19H19Br2N3O2. The van der Waals surface area contributed by atoms with Crippen molar-refractivity contribution in [3.05, 3.63) is 66.6 Å². The van der Waals surface area contributed by atoms with Gasteiger partial charge in [0.15, 0.2) is 0 Å². The van der Waals surface area contributed by atoms with Crippen LogP contribution in [-0.2, 0) is 6.54 Å². The highest BCUT2D eigenvalue weighted by Gasteiger charge is 2.13. The van der Waals surface area contributed by atoms with E-state index in [4.69, 9.17) is 4.74 Å². The Morgan fingerprint density at radius 1 is 1.27 bits per heavy atom. The van der Waals surface area contributed by atoms with Gasteiger partial charge < -0.3 is 15.0 Å². The molecule has 0 amide bonds. The van der Waals surface area contributed by atoms with Gasteiger partial charge in [0.1, 0.15) is 11.6 Å². The molecule has 0 saturated carbocycles. The second kappa shape index (κ2) is 7.90. The number of benzene rings is 2. The zero-order chi connectivity index (χ0) is 18.8. The van der Waals surface area contributed by atoms with Crippen LogP contribution >= 0.6 is 31.9 Å². The SMILES string of the molecule is COc1ccc(C)cc1[C@H](C)NCc1nc2c(Br)cc(Br)cc2c(=O)[nH]1. The van der Waals surface area contributed by atoms with Crippen LogP contribution in [0.4, 0.5) is 0 Å². The zero-order valence-corrected chi connectivity index (χ0v) is 17.9. The number of halogens is 2. The Morgan fingerprint density at radius 2 is 2.04 bits per heavy atom. The topological polar surface area (TPSA) is 67.0 Å². The normalized spacial score (nSPS) is 12.3. The first-order chi connectivity index (χ1) is 12.4. The Balaban J connectivity index is 1.86. The summed E-state index contributed by atoms with van der Waals surface area (Å²) in [7, 11) is 1.67. The second-order valence-electron chi connectivity index (χ2n) is 6.14. The van der Waals surface area contributed by atoms with Gasteiger partial charge in [-0.3, -0.25) is 4.79 Å². The maximum atomic E-state index is 12.4. The predicted octanol–water partition coefficient (Wildman–Crippen LogP) is 4.62. The van der Waals surface area contributed by atoms with Crippen molar-refractivity contribution in [1.82, 2.24) is 15.3 Å². The van der Waals surface area contributed by atoms with Gasteiger partial charge in [-0.25, -0.2) is 4.98 Å². The summed E-state index contributed by atoms with van der Waals surface area (Å²) in [6, 6.07) is 9.77. The van der Waals surface area contributed by atoms with Gasteiger partial charge in [0.05, 0.1) is 24.6 Å². The van der Waals surface area contributed by atoms with Gasteiger partial charge in [-0.15, -0.1) is 0 Å². The first-order valence-electron chi connectivity index (χ1n) is 8.15. The van der Waals surface area contributed by atoms with Crippen molar-refractivity contribution >= 4 is 42.8 Å². The Labute approximate surface area is 168 Å². The monoisotopic (exact) mass is 479 g/mol. The fourth-order valence-corrected chi connectivity index (χ4v) is 4.16. The maximum absolute atomic E-state index is 12.4. The summed E-state index contributed by atoms with van der Waals surface area (Å²) in [5, 5.41) is 3.95. The van der Waals surface area contributed by atoms with E-state index in [1.165, 1.54) is 5.56 Å². The molecule has 2 N–H and O–H groups in total. The molecule has 3 rings (SSSR count). The molecule has 0 aliphatic carbocycles. The molecule has 3 aromatic rings. The molecule has 0 spiro atoms. The lowest BCUT2D eigenvalue weighted by Gasteiger charge is -2.18. The van der Waals surface area contributed by atoms with Gasteiger partial charge in [0.25, 0.3) is 5.56 Å². The molecule has 1 atom stereocenters. The van der Waals surface area contributed by atoms with Crippen LogP contribution in [0.1, 0.15) is 29.9 Å². The molecule has 0 radical (unpaired) electrons. The number of aryl methyl sites for hydroxylation is 1. The van der Waals surface area contributed by atoms with Gasteiger partial charge in [0.2, 0.25) is 0 Å². The van der Waals surface area contributed by atoms with Crippen LogP contribution in [-0.4, -0.2) is 17.1 Å². The number of hydrogen-bond donors (Lipinski definition) is 2. The van der Waals surface area contributed by atoms with E-state index in [-0.39, 0.29) is 11.6 Å². The number of aromatic amines is 1. The number of fused-ring (bicyclic) bond motifs is 1. The van der Waals surface area contributed by atoms with Crippen LogP contribution < -0.4 is 15.6 Å². The van der Waals surface area contributed by atoms with Crippen molar-refractivity contribution < 1.29 is 4.74 Å². The smallest absolute Gasteiger partial charge is 0.258 e. The Kier molecular flexibility index (Phi) is 5.79. The van der Waals surface area contributed by atoms with Gasteiger partial charge in [0, 0.05) is 20.6 Å². The standard InChI is InChI=1S/C19H19Br2N3O2/c1-10-4-5-16(26-3)13(6-10)11(2)22-9-17-23-18-14(19(25)24-17)7-12(20)8-15(18)21/h4-8,11,22H,9H2,1-3H3,(H,23,24,25)/t11-/m0/s1. The van der Waals surface area contributed by atoms with Crippen LogP contribution in [0.3, 0.4) is 0 Å². The number of methoxy groups -OCH3 is 1. The Morgan fingerprint density at radius 3 is 2.77 bits per heavy atom. The predicted molar refractivity (Wildman–Crippen MR) is 111 cm³/mol. The lowest BCUT2D eigenvalue weighted by molar-refractivity contribution is 0.401. The first kappa shape index (κ1) is 19.1. The molecule has 26 heavy (non-hydrogen) atoms. The van der Waals surface area contributed by atoms with Gasteiger partial charge in [-0.05, 0) is 48.0 Å². The van der Waals surface area contributed by atoms with Crippen LogP contribution in [0, 0.1) is 6.92 Å². The van der Waals surface area contributed by atoms with Crippen LogP contribution in [0.2, 0.25) is 0 Å². The zero-order valence-electron chi connectivity index (χ0n) is 14.7. The number of aromatic nitrogens is 2. The molecule has 0 unspecified atom stereocenters. The molecule has 5 nitrogen and oxygen atoms in total. The van der Waals surface area contributed by atoms with E-state index in [9.17, 15) is 4.79 Å². The van der Waals surface area contributed by atoms with Crippen LogP contribution in [0.5, 0.6) is 5.75 Å². The third-order valence-electron chi connectivity index (χ3n) is 4.20. The highest BCUT2D eigenvalue weighted by Crippen LogP contribution is 2.27. The molecule has 0 bridgehead atoms. The lowest BCUT2D eigenvalue weighted by Crippen LogP contribution is -2.22. The van der Waals surface area contributed by atoms with Crippen molar-refractivity contribution in [2.24, 2.45) is 0 Å². The van der Waals surface area contributed by atoms with Crippen molar-refractivity contribution in [3.8, 4) is 5.75 Å². The quantitative estimate of drug-likeness (QED) is 0.559. The summed E-state index contributed by atoms with van der Waals surface area (Å²) in [5.74, 6) is 1.42. The lowest BCUT2D eigenvalue weighted by atomic mass is 10.0. The molecular weight excluding hydrogens is 462 g/mol. The highest BCUT2D eigenvalue weighted by atomic mass is 79.9. The van der Waals surface area contributed by atoms with Crippen molar-refractivity contribution in [2.75, 3.05) is 7.11 Å². The third-order valence-corrected chi connectivity index (χ3v) is 5.27. The van der Waals surface area contributed by atoms with E-state index in [2.05, 4.69) is 60.1 Å². The van der Waals surface area contributed by atoms with E-state index >= 15 is 0 Å². The van der Waals surface area contributed by atoms with Crippen molar-refractivity contribution in [2.45, 2.75) is 26.4 Å². The Bertz CT molecular complexity index is 1020. The molecule has 2 aromatic carbocycles. The minimum atomic E-state index is -0.158. The largest absolute Gasteiger partial charge is 0.496 e. The van der Waals surface area contributed by atoms with Crippen molar-refractivity contribution in [1.29, 1.82) is 0 Å². The average molecular weight is 481 g/mol. The molecule has 1 aromatic heterocycles. The third kappa shape index (κ3) is 4.00. The number of nitrogens with zero attached hydrogens (tertiary/aromatic N) is 1. The summed E-state index contributed by atoms with van der Waals surface area (Å²) in [4.78, 5) is 19.8. The average Bonchev–Trinajstić information content (AvgIpc) is 2.60. The van der Waals surface area contributed by atoms with E-state index in [0.29, 0.717) is 23.3 Å². The number of hydrogen-bond acceptors (Lipinski definition) is 4. The van der Waals surface area contributed by atoms with E-state index in [0.717, 1.165) is 20.3 Å². The van der Waals surface area contributed by atoms with Crippen molar-refractivity contribution in [3.63, 3.8) is 0 Å². The van der Waals surface area contributed by atoms with Gasteiger partial charge in [-0.2, -0.15) is 0 Å². The minimum Gasteiger partial charge on any atom is -0.496 e. The molecule has 1 heterocycles. The maximum Gasteiger partial charge on any atom is 0.258 e. The summed E-state index contributed by atoms with van der Waals surface area (Å²) in [6.45, 7) is 4.54. The molecule has 0 saturated heterocycles. The summed E-state index contributed by atoms with van der Waals surface area (Å²) < 4.78 is 7.06. The number of rotatable bonds is 5. The Hall–Kier alpha value is -1.70. The summed E-state index contributed by atoms with van der Waals surface area (Å²) in [6.07, 6.45) is 0. The van der Waals surface area contributed by atoms with E-state index < -0.39 is 0 Å². The van der Waals surface area contributed by atoms with E-state index in [1.54, 1.807) is 13.2 Å². The second-order valence-corrected chi connectivity index (χ2v) is 7.91. The van der Waals surface area contributed by atoms with E-state index in [1.807, 2.05) is 25.1 Å². The van der Waals surface area contributed by atoms with Gasteiger partial charge >= 0.3 is 0 Å². The fraction of sp³-hybridized carbons (Fsp3) is 0.263. The molecule has 0 aliphatic heterocycles. The van der Waals surface area contributed by atoms with Crippen LogP contribution in [0.15, 0.2) is 44.1 Å². The summed E-state index contributed by atoms with van der Waals surface area (Å²) in [5.41, 5.74) is 2.73. The molecule has 7 heteroatoms. The van der Waals surface area contributed by atoms with Gasteiger partial charge in [-0.1, -0.05) is 33.6 Å². The minimum absolute atomic E-state index is 0.0409. The summed E-state index contributed by atoms with van der Waals surface area (Å²) >= 11 is 6.87. The molecule has 0 fully saturated rings. The number of H-pyrrole nitrogens is 1. The molecule has 136 valence electrons. The fourth-order valence-electron chi connectivity index (χ4n) is 2.85. The number of nitrogens with one attached hydrogen (secondary N) is 2.